The quantitative estimate of drug-likeness (QED) is 0.288. The number of para-hydroxylation sites is 1. The van der Waals surface area contributed by atoms with E-state index in [1.807, 2.05) is 47.8 Å². The molecule has 5 aromatic rings. The van der Waals surface area contributed by atoms with E-state index in [4.69, 9.17) is 23.2 Å². The van der Waals surface area contributed by atoms with Crippen molar-refractivity contribution in [2.24, 2.45) is 0 Å². The average molecular weight is 422 g/mol. The molecule has 0 fully saturated rings. The second-order valence-electron chi connectivity index (χ2n) is 6.50. The summed E-state index contributed by atoms with van der Waals surface area (Å²) in [6, 6.07) is 22.8. The molecule has 0 amide bonds. The summed E-state index contributed by atoms with van der Waals surface area (Å²) in [4.78, 5) is 14.5. The first-order valence-corrected chi connectivity index (χ1v) is 10.3. The number of thiophene rings is 1. The molecule has 0 bridgehead atoms. The summed E-state index contributed by atoms with van der Waals surface area (Å²) in [7, 11) is 0. The van der Waals surface area contributed by atoms with Gasteiger partial charge < -0.3 is 0 Å². The molecule has 0 aliphatic heterocycles. The van der Waals surface area contributed by atoms with E-state index in [1.165, 1.54) is 0 Å². The van der Waals surface area contributed by atoms with Crippen LogP contribution in [0, 0.1) is 0 Å². The summed E-state index contributed by atoms with van der Waals surface area (Å²) >= 11 is 13.7. The molecule has 5 rings (SSSR count). The summed E-state index contributed by atoms with van der Waals surface area (Å²) in [6.07, 6.45) is 0. The van der Waals surface area contributed by atoms with Crippen LogP contribution in [0.3, 0.4) is 0 Å². The van der Waals surface area contributed by atoms with Gasteiger partial charge in [-0.1, -0.05) is 53.5 Å². The molecule has 0 atom stereocenters. The van der Waals surface area contributed by atoms with Crippen LogP contribution in [-0.2, 0) is 0 Å². The lowest BCUT2D eigenvalue weighted by molar-refractivity contribution is 0.0969. The normalized spacial score (nSPS) is 11.4. The highest BCUT2D eigenvalue weighted by molar-refractivity contribution is 7.15. The van der Waals surface area contributed by atoms with Crippen LogP contribution >= 0.6 is 34.5 Å². The Morgan fingerprint density at radius 2 is 1.43 bits per heavy atom. The number of hydrogen-bond donors (Lipinski definition) is 0. The zero-order chi connectivity index (χ0) is 19.3. The lowest BCUT2D eigenvalue weighted by Crippen LogP contribution is -2.11. The van der Waals surface area contributed by atoms with Gasteiger partial charge in [-0.15, -0.1) is 11.3 Å². The van der Waals surface area contributed by atoms with E-state index in [-0.39, 0.29) is 5.91 Å². The SMILES string of the molecule is O=C(c1ccc(Cl)cc1)n1c2ccccc2c2c(-c3ccc(Cl)cc3)scc21. The fourth-order valence-electron chi connectivity index (χ4n) is 3.54. The summed E-state index contributed by atoms with van der Waals surface area (Å²) < 4.78 is 1.80. The maximum absolute atomic E-state index is 13.3. The van der Waals surface area contributed by atoms with Crippen LogP contribution in [0.4, 0.5) is 0 Å². The molecule has 0 aliphatic carbocycles. The van der Waals surface area contributed by atoms with Crippen molar-refractivity contribution in [1.82, 2.24) is 4.57 Å². The topological polar surface area (TPSA) is 22.0 Å². The Kier molecular flexibility index (Phi) is 4.24. The fraction of sp³-hybridized carbons (Fsp3) is 0. The number of aromatic nitrogens is 1. The van der Waals surface area contributed by atoms with Crippen molar-refractivity contribution in [2.75, 3.05) is 0 Å². The molecule has 0 unspecified atom stereocenters. The molecule has 28 heavy (non-hydrogen) atoms. The number of benzene rings is 3. The number of carbonyl (C=O) groups is 1. The third kappa shape index (κ3) is 2.75. The van der Waals surface area contributed by atoms with Gasteiger partial charge in [-0.3, -0.25) is 9.36 Å². The smallest absolute Gasteiger partial charge is 0.262 e. The van der Waals surface area contributed by atoms with Gasteiger partial charge in [-0.05, 0) is 48.0 Å². The fourth-order valence-corrected chi connectivity index (χ4v) is 4.85. The minimum atomic E-state index is -0.0664. The molecule has 0 aliphatic rings. The van der Waals surface area contributed by atoms with Crippen molar-refractivity contribution in [3.05, 3.63) is 93.8 Å². The molecule has 5 heteroatoms. The molecule has 2 nitrogen and oxygen atoms in total. The zero-order valence-electron chi connectivity index (χ0n) is 14.5. The maximum Gasteiger partial charge on any atom is 0.262 e. The highest BCUT2D eigenvalue weighted by Gasteiger charge is 2.21. The standard InChI is InChI=1S/C23H13Cl2NOS/c24-16-9-5-14(6-10-16)22-21-18-3-1-2-4-19(18)26(20(21)13-28-22)23(27)15-7-11-17(25)12-8-15/h1-13H. The van der Waals surface area contributed by atoms with Crippen molar-refractivity contribution in [3.63, 3.8) is 0 Å². The van der Waals surface area contributed by atoms with Gasteiger partial charge >= 0.3 is 0 Å². The first-order valence-electron chi connectivity index (χ1n) is 8.70. The molecule has 0 radical (unpaired) electrons. The van der Waals surface area contributed by atoms with Gasteiger partial charge in [0.05, 0.1) is 11.0 Å². The summed E-state index contributed by atoms with van der Waals surface area (Å²) in [5.74, 6) is -0.0664. The molecule has 2 aromatic heterocycles. The van der Waals surface area contributed by atoms with E-state index >= 15 is 0 Å². The first kappa shape index (κ1) is 17.5. The van der Waals surface area contributed by atoms with Gasteiger partial charge in [-0.25, -0.2) is 0 Å². The Bertz CT molecular complexity index is 1330. The van der Waals surface area contributed by atoms with E-state index < -0.39 is 0 Å². The highest BCUT2D eigenvalue weighted by Crippen LogP contribution is 2.41. The second-order valence-corrected chi connectivity index (χ2v) is 8.25. The van der Waals surface area contributed by atoms with Gasteiger partial charge in [0.2, 0.25) is 0 Å². The van der Waals surface area contributed by atoms with Crippen molar-refractivity contribution >= 4 is 62.3 Å². The van der Waals surface area contributed by atoms with Crippen molar-refractivity contribution in [2.45, 2.75) is 0 Å². The largest absolute Gasteiger partial charge is 0.275 e. The maximum atomic E-state index is 13.3. The number of halogens is 2. The number of fused-ring (bicyclic) bond motifs is 3. The van der Waals surface area contributed by atoms with Gasteiger partial charge in [0.15, 0.2) is 0 Å². The molecule has 0 saturated carbocycles. The average Bonchev–Trinajstić information content (AvgIpc) is 3.27. The summed E-state index contributed by atoms with van der Waals surface area (Å²) in [5.41, 5.74) is 3.50. The number of hydrogen-bond acceptors (Lipinski definition) is 2. The van der Waals surface area contributed by atoms with E-state index in [9.17, 15) is 4.79 Å². The van der Waals surface area contributed by atoms with E-state index in [2.05, 4.69) is 6.07 Å². The first-order chi connectivity index (χ1) is 13.6. The Morgan fingerprint density at radius 3 is 2.14 bits per heavy atom. The van der Waals surface area contributed by atoms with Crippen LogP contribution in [0.15, 0.2) is 78.2 Å². The monoisotopic (exact) mass is 421 g/mol. The third-order valence-corrected chi connectivity index (χ3v) is 6.35. The van der Waals surface area contributed by atoms with E-state index in [0.29, 0.717) is 15.6 Å². The molecular weight excluding hydrogens is 409 g/mol. The zero-order valence-corrected chi connectivity index (χ0v) is 16.9. The molecule has 136 valence electrons. The second kappa shape index (κ2) is 6.78. The number of rotatable bonds is 2. The van der Waals surface area contributed by atoms with Crippen LogP contribution in [0.1, 0.15) is 10.4 Å². The van der Waals surface area contributed by atoms with Crippen LogP contribution < -0.4 is 0 Å². The summed E-state index contributed by atoms with van der Waals surface area (Å²) in [5, 5.41) is 5.51. The van der Waals surface area contributed by atoms with Gasteiger partial charge in [-0.2, -0.15) is 0 Å². The van der Waals surface area contributed by atoms with E-state index in [0.717, 1.165) is 32.2 Å². The summed E-state index contributed by atoms with van der Waals surface area (Å²) in [6.45, 7) is 0. The predicted octanol–water partition coefficient (Wildman–Crippen LogP) is 7.52. The minimum Gasteiger partial charge on any atom is -0.275 e. The molecular formula is C23H13Cl2NOS. The molecule has 3 aromatic carbocycles. The molecule has 2 heterocycles. The van der Waals surface area contributed by atoms with E-state index in [1.54, 1.807) is 40.2 Å². The number of carbonyl (C=O) groups excluding carboxylic acids is 1. The lowest BCUT2D eigenvalue weighted by atomic mass is 10.1. The van der Waals surface area contributed by atoms with Crippen molar-refractivity contribution in [1.29, 1.82) is 0 Å². The molecule has 0 saturated heterocycles. The predicted molar refractivity (Wildman–Crippen MR) is 119 cm³/mol. The third-order valence-electron chi connectivity index (χ3n) is 4.83. The van der Waals surface area contributed by atoms with Crippen LogP contribution in [0.5, 0.6) is 0 Å². The van der Waals surface area contributed by atoms with Crippen LogP contribution in [0.25, 0.3) is 32.2 Å². The van der Waals surface area contributed by atoms with Crippen molar-refractivity contribution < 1.29 is 4.79 Å². The Balaban J connectivity index is 1.79. The highest BCUT2D eigenvalue weighted by atomic mass is 35.5. The molecule has 0 spiro atoms. The Morgan fingerprint density at radius 1 is 0.786 bits per heavy atom. The Hall–Kier alpha value is -2.59. The minimum absolute atomic E-state index is 0.0664. The van der Waals surface area contributed by atoms with Crippen LogP contribution in [-0.4, -0.2) is 10.5 Å². The van der Waals surface area contributed by atoms with Gasteiger partial charge in [0, 0.05) is 36.6 Å². The van der Waals surface area contributed by atoms with Gasteiger partial charge in [0.25, 0.3) is 5.91 Å². The lowest BCUT2D eigenvalue weighted by Gasteiger charge is -2.05. The van der Waals surface area contributed by atoms with Crippen molar-refractivity contribution in [3.8, 4) is 10.4 Å². The van der Waals surface area contributed by atoms with Gasteiger partial charge in [0.1, 0.15) is 0 Å². The Labute approximate surface area is 175 Å². The van der Waals surface area contributed by atoms with Crippen LogP contribution in [0.2, 0.25) is 10.0 Å². The number of nitrogens with zero attached hydrogens (tertiary/aromatic N) is 1. The molecule has 0 N–H and O–H groups in total.